The fraction of sp³-hybridized carbons (Fsp3) is 0.483. The predicted molar refractivity (Wildman–Crippen MR) is 152 cm³/mol. The van der Waals surface area contributed by atoms with Crippen LogP contribution in [0, 0.1) is 29.6 Å². The van der Waals surface area contributed by atoms with Gasteiger partial charge in [-0.2, -0.15) is 13.2 Å². The third-order valence-electron chi connectivity index (χ3n) is 9.53. The van der Waals surface area contributed by atoms with Gasteiger partial charge in [-0.25, -0.2) is 4.98 Å². The van der Waals surface area contributed by atoms with Gasteiger partial charge in [0.15, 0.2) is 0 Å². The first-order chi connectivity index (χ1) is 19.2. The molecule has 0 bridgehead atoms. The Balaban J connectivity index is 0.00000316. The number of hydrogen-bond acceptors (Lipinski definition) is 7. The van der Waals surface area contributed by atoms with Crippen molar-refractivity contribution in [2.75, 3.05) is 13.1 Å². The molecule has 0 radical (unpaired) electrons. The number of likely N-dealkylation sites (tertiary alicyclic amines) is 2. The number of carbonyl (C=O) groups excluding carboxylic acids is 3. The highest BCUT2D eigenvalue weighted by Gasteiger charge is 2.72. The van der Waals surface area contributed by atoms with Crippen molar-refractivity contribution in [3.63, 3.8) is 0 Å². The SMILES string of the molecule is Cc1cc(C(F)(F)F)nc(-c2ccnc3cc(CN4C(=O)C5C(C4=O)C5(C)C)sc23)c1C(=O)N1CC(N)C2(CC2)C1.Cl. The summed E-state index contributed by atoms with van der Waals surface area (Å²) < 4.78 is 42.3. The number of aromatic nitrogens is 2. The molecule has 1 spiro atoms. The maximum Gasteiger partial charge on any atom is 0.433 e. The van der Waals surface area contributed by atoms with Crippen molar-refractivity contribution in [3.8, 4) is 11.3 Å². The second-order valence-corrected chi connectivity index (χ2v) is 13.7. The van der Waals surface area contributed by atoms with Crippen molar-refractivity contribution in [3.05, 3.63) is 46.1 Å². The van der Waals surface area contributed by atoms with E-state index in [0.29, 0.717) is 33.7 Å². The molecule has 13 heteroatoms. The molecule has 42 heavy (non-hydrogen) atoms. The van der Waals surface area contributed by atoms with E-state index in [2.05, 4.69) is 9.97 Å². The molecule has 3 aromatic rings. The number of rotatable bonds is 4. The second kappa shape index (κ2) is 9.20. The van der Waals surface area contributed by atoms with Gasteiger partial charge >= 0.3 is 6.18 Å². The van der Waals surface area contributed by atoms with Gasteiger partial charge in [0.05, 0.1) is 39.9 Å². The maximum absolute atomic E-state index is 13.9. The van der Waals surface area contributed by atoms with E-state index in [1.54, 1.807) is 17.0 Å². The summed E-state index contributed by atoms with van der Waals surface area (Å²) in [5.41, 5.74) is 5.86. The lowest BCUT2D eigenvalue weighted by Gasteiger charge is -2.21. The minimum Gasteiger partial charge on any atom is -0.336 e. The first-order valence-corrected chi connectivity index (χ1v) is 14.4. The third-order valence-corrected chi connectivity index (χ3v) is 10.7. The predicted octanol–water partition coefficient (Wildman–Crippen LogP) is 4.81. The summed E-state index contributed by atoms with van der Waals surface area (Å²) in [7, 11) is 0. The van der Waals surface area contributed by atoms with Gasteiger partial charge < -0.3 is 10.6 Å². The Morgan fingerprint density at radius 3 is 2.43 bits per heavy atom. The number of thiophene rings is 1. The Hall–Kier alpha value is -3.09. The van der Waals surface area contributed by atoms with E-state index in [-0.39, 0.29) is 76.3 Å². The lowest BCUT2D eigenvalue weighted by atomic mass is 9.99. The van der Waals surface area contributed by atoms with E-state index in [4.69, 9.17) is 5.73 Å². The van der Waals surface area contributed by atoms with Crippen molar-refractivity contribution < 1.29 is 27.6 Å². The van der Waals surface area contributed by atoms with Crippen LogP contribution in [0.15, 0.2) is 24.4 Å². The fourth-order valence-corrected chi connectivity index (χ4v) is 7.96. The standard InChI is InChI=1S/C29H28F3N5O3S.ClH/c1-13-8-18(29(30,31)32)35-22(19(13)24(38)36-11-17(33)28(12-36)5-6-28)15-4-7-34-16-9-14(41-23(15)16)10-37-25(39)20-21(26(37)40)27(20,2)3;/h4,7-9,17,20-21H,5-6,10-12,33H2,1-3H3;1H. The van der Waals surface area contributed by atoms with E-state index in [1.807, 2.05) is 13.8 Å². The van der Waals surface area contributed by atoms with Gasteiger partial charge in [-0.05, 0) is 48.9 Å². The number of fused-ring (bicyclic) bond motifs is 2. The van der Waals surface area contributed by atoms with Gasteiger partial charge in [-0.15, -0.1) is 23.7 Å². The number of imide groups is 1. The molecule has 3 atom stereocenters. The molecule has 3 aromatic heterocycles. The second-order valence-electron chi connectivity index (χ2n) is 12.5. The van der Waals surface area contributed by atoms with Gasteiger partial charge in [0.25, 0.3) is 5.91 Å². The molecule has 2 saturated carbocycles. The highest BCUT2D eigenvalue weighted by atomic mass is 35.5. The molecule has 8 nitrogen and oxygen atoms in total. The first kappa shape index (κ1) is 29.0. The van der Waals surface area contributed by atoms with Crippen molar-refractivity contribution >= 4 is 51.7 Å². The highest BCUT2D eigenvalue weighted by Crippen LogP contribution is 2.63. The van der Waals surface area contributed by atoms with Gasteiger partial charge in [0, 0.05) is 41.2 Å². The number of carbonyl (C=O) groups is 3. The number of nitrogens with two attached hydrogens (primary N) is 1. The lowest BCUT2D eigenvalue weighted by molar-refractivity contribution is -0.144. The molecule has 7 rings (SSSR count). The van der Waals surface area contributed by atoms with E-state index >= 15 is 0 Å². The zero-order chi connectivity index (χ0) is 29.2. The Bertz CT molecular complexity index is 1660. The number of piperidine rings is 1. The number of alkyl halides is 3. The summed E-state index contributed by atoms with van der Waals surface area (Å²) in [5.74, 6) is -1.41. The number of halogens is 4. The van der Waals surface area contributed by atoms with Crippen molar-refractivity contribution in [2.24, 2.45) is 28.4 Å². The number of amides is 3. The summed E-state index contributed by atoms with van der Waals surface area (Å²) >= 11 is 1.23. The third kappa shape index (κ3) is 4.16. The fourth-order valence-electron chi connectivity index (χ4n) is 6.85. The Kier molecular flexibility index (Phi) is 6.36. The molecular weight excluding hydrogens is 591 g/mol. The Labute approximate surface area is 249 Å². The molecule has 2 aliphatic heterocycles. The lowest BCUT2D eigenvalue weighted by Crippen LogP contribution is -2.35. The molecule has 2 saturated heterocycles. The summed E-state index contributed by atoms with van der Waals surface area (Å²) in [6, 6.07) is 4.04. The molecule has 2 N–H and O–H groups in total. The van der Waals surface area contributed by atoms with Crippen LogP contribution in [-0.2, 0) is 22.3 Å². The molecule has 2 aliphatic carbocycles. The van der Waals surface area contributed by atoms with Crippen molar-refractivity contribution in [2.45, 2.75) is 52.4 Å². The average molecular weight is 620 g/mol. The van der Waals surface area contributed by atoms with E-state index in [9.17, 15) is 27.6 Å². The monoisotopic (exact) mass is 619 g/mol. The summed E-state index contributed by atoms with van der Waals surface area (Å²) in [5, 5.41) is 0. The molecule has 5 heterocycles. The summed E-state index contributed by atoms with van der Waals surface area (Å²) in [6.07, 6.45) is -1.39. The van der Waals surface area contributed by atoms with E-state index in [1.165, 1.54) is 29.4 Å². The van der Waals surface area contributed by atoms with Crippen LogP contribution in [0.2, 0.25) is 0 Å². The van der Waals surface area contributed by atoms with Crippen LogP contribution in [0.3, 0.4) is 0 Å². The number of hydrogen-bond donors (Lipinski definition) is 1. The number of pyridine rings is 2. The van der Waals surface area contributed by atoms with Crippen LogP contribution in [0.5, 0.6) is 0 Å². The smallest absolute Gasteiger partial charge is 0.336 e. The maximum atomic E-state index is 13.9. The van der Waals surface area contributed by atoms with Crippen molar-refractivity contribution in [1.82, 2.24) is 19.8 Å². The van der Waals surface area contributed by atoms with Gasteiger partial charge in [-0.1, -0.05) is 13.8 Å². The number of nitrogens with zero attached hydrogens (tertiary/aromatic N) is 4. The van der Waals surface area contributed by atoms with Gasteiger partial charge in [0.1, 0.15) is 5.69 Å². The molecule has 3 unspecified atom stereocenters. The minimum absolute atomic E-state index is 0. The van der Waals surface area contributed by atoms with Gasteiger partial charge in [-0.3, -0.25) is 24.3 Å². The normalized spacial score (nSPS) is 25.3. The average Bonchev–Trinajstić information content (AvgIpc) is 3.63. The first-order valence-electron chi connectivity index (χ1n) is 13.6. The molecule has 4 fully saturated rings. The van der Waals surface area contributed by atoms with Crippen LogP contribution in [0.4, 0.5) is 13.2 Å². The van der Waals surface area contributed by atoms with Crippen LogP contribution in [0.25, 0.3) is 21.5 Å². The minimum atomic E-state index is -4.72. The molecular formula is C29H29ClF3N5O3S. The van der Waals surface area contributed by atoms with Crippen LogP contribution < -0.4 is 5.73 Å². The topological polar surface area (TPSA) is 109 Å². The Morgan fingerprint density at radius 2 is 1.83 bits per heavy atom. The molecule has 222 valence electrons. The largest absolute Gasteiger partial charge is 0.433 e. The van der Waals surface area contributed by atoms with Crippen molar-refractivity contribution in [1.29, 1.82) is 0 Å². The zero-order valence-electron chi connectivity index (χ0n) is 23.1. The van der Waals surface area contributed by atoms with Crippen LogP contribution >= 0.6 is 23.7 Å². The molecule has 4 aliphatic rings. The number of aryl methyl sites for hydroxylation is 1. The van der Waals surface area contributed by atoms with Gasteiger partial charge in [0.2, 0.25) is 11.8 Å². The summed E-state index contributed by atoms with van der Waals surface area (Å²) in [6.45, 7) is 6.19. The Morgan fingerprint density at radius 1 is 1.17 bits per heavy atom. The summed E-state index contributed by atoms with van der Waals surface area (Å²) in [4.78, 5) is 51.6. The van der Waals surface area contributed by atoms with Crippen LogP contribution in [0.1, 0.15) is 53.2 Å². The molecule has 3 amide bonds. The van der Waals surface area contributed by atoms with E-state index in [0.717, 1.165) is 18.9 Å². The highest BCUT2D eigenvalue weighted by molar-refractivity contribution is 7.19. The van der Waals surface area contributed by atoms with E-state index < -0.39 is 17.8 Å². The van der Waals surface area contributed by atoms with Crippen LogP contribution in [-0.4, -0.2) is 56.6 Å². The zero-order valence-corrected chi connectivity index (χ0v) is 24.8. The quantitative estimate of drug-likeness (QED) is 0.420. The molecule has 0 aromatic carbocycles.